The number of rotatable bonds is 5. The zero-order valence-corrected chi connectivity index (χ0v) is 13.3. The lowest BCUT2D eigenvalue weighted by molar-refractivity contribution is 0.0696. The van der Waals surface area contributed by atoms with Crippen LogP contribution in [0.1, 0.15) is 42.4 Å². The van der Waals surface area contributed by atoms with Crippen LogP contribution in [0.15, 0.2) is 29.0 Å². The molecule has 2 aromatic rings. The number of nitrogens with one attached hydrogen (secondary N) is 1. The number of anilines is 1. The molecule has 2 rings (SSSR count). The molecular formula is C16H20N2O2S. The van der Waals surface area contributed by atoms with Crippen molar-refractivity contribution < 1.29 is 9.90 Å². The minimum absolute atomic E-state index is 0.185. The van der Waals surface area contributed by atoms with Gasteiger partial charge in [0.2, 0.25) is 0 Å². The molecule has 0 aliphatic rings. The van der Waals surface area contributed by atoms with Gasteiger partial charge in [0, 0.05) is 17.7 Å². The van der Waals surface area contributed by atoms with E-state index in [1.165, 1.54) is 5.56 Å². The highest BCUT2D eigenvalue weighted by molar-refractivity contribution is 7.07. The summed E-state index contributed by atoms with van der Waals surface area (Å²) in [5, 5.41) is 16.6. The quantitative estimate of drug-likeness (QED) is 0.882. The third-order valence-corrected chi connectivity index (χ3v) is 3.87. The normalized spacial score (nSPS) is 11.4. The predicted octanol–water partition coefficient (Wildman–Crippen LogP) is 3.79. The molecule has 0 unspecified atom stereocenters. The SMILES string of the molecule is CC(C)(C)c1cc(C(=O)O)cc(NCCc2ccsc2)n1. The van der Waals surface area contributed by atoms with Gasteiger partial charge < -0.3 is 10.4 Å². The first-order valence-electron chi connectivity index (χ1n) is 6.87. The van der Waals surface area contributed by atoms with Gasteiger partial charge >= 0.3 is 5.97 Å². The largest absolute Gasteiger partial charge is 0.478 e. The van der Waals surface area contributed by atoms with Crippen molar-refractivity contribution in [2.75, 3.05) is 11.9 Å². The molecule has 0 aromatic carbocycles. The standard InChI is InChI=1S/C16H20N2O2S/c1-16(2,3)13-8-12(15(19)20)9-14(18-13)17-6-4-11-5-7-21-10-11/h5,7-10H,4,6H2,1-3H3,(H,17,18)(H,19,20). The van der Waals surface area contributed by atoms with Crippen LogP contribution in [-0.2, 0) is 11.8 Å². The summed E-state index contributed by atoms with van der Waals surface area (Å²) in [6.45, 7) is 6.80. The van der Waals surface area contributed by atoms with E-state index >= 15 is 0 Å². The molecule has 2 aromatic heterocycles. The number of aromatic carboxylic acids is 1. The molecule has 5 heteroatoms. The number of aromatic nitrogens is 1. The molecule has 4 nitrogen and oxygen atoms in total. The van der Waals surface area contributed by atoms with E-state index in [0.717, 1.165) is 18.7 Å². The molecule has 0 radical (unpaired) electrons. The summed E-state index contributed by atoms with van der Waals surface area (Å²) in [5.41, 5.74) is 2.14. The fourth-order valence-electron chi connectivity index (χ4n) is 1.90. The Morgan fingerprint density at radius 3 is 2.71 bits per heavy atom. The van der Waals surface area contributed by atoms with E-state index in [1.54, 1.807) is 23.5 Å². The molecule has 0 aliphatic carbocycles. The maximum Gasteiger partial charge on any atom is 0.335 e. The molecule has 112 valence electrons. The molecule has 0 atom stereocenters. The summed E-state index contributed by atoms with van der Waals surface area (Å²) in [6.07, 6.45) is 0.896. The summed E-state index contributed by atoms with van der Waals surface area (Å²) in [6, 6.07) is 5.33. The summed E-state index contributed by atoms with van der Waals surface area (Å²) >= 11 is 1.68. The van der Waals surface area contributed by atoms with Crippen LogP contribution in [0, 0.1) is 0 Å². The van der Waals surface area contributed by atoms with Gasteiger partial charge in [-0.15, -0.1) is 0 Å². The molecule has 21 heavy (non-hydrogen) atoms. The predicted molar refractivity (Wildman–Crippen MR) is 86.4 cm³/mol. The minimum atomic E-state index is -0.927. The smallest absolute Gasteiger partial charge is 0.335 e. The molecule has 0 spiro atoms. The highest BCUT2D eigenvalue weighted by Crippen LogP contribution is 2.23. The van der Waals surface area contributed by atoms with Gasteiger partial charge in [-0.05, 0) is 40.9 Å². The van der Waals surface area contributed by atoms with Crippen LogP contribution in [0.2, 0.25) is 0 Å². The first kappa shape index (κ1) is 15.5. The van der Waals surface area contributed by atoms with E-state index in [9.17, 15) is 9.90 Å². The van der Waals surface area contributed by atoms with Crippen molar-refractivity contribution in [3.8, 4) is 0 Å². The number of hydrogen-bond donors (Lipinski definition) is 2. The Balaban J connectivity index is 2.14. The summed E-state index contributed by atoms with van der Waals surface area (Å²) in [7, 11) is 0. The average molecular weight is 304 g/mol. The van der Waals surface area contributed by atoms with Crippen LogP contribution in [0.4, 0.5) is 5.82 Å². The lowest BCUT2D eigenvalue weighted by Crippen LogP contribution is -2.17. The first-order chi connectivity index (χ1) is 9.86. The van der Waals surface area contributed by atoms with Gasteiger partial charge in [0.05, 0.1) is 5.56 Å². The Kier molecular flexibility index (Phi) is 4.63. The fourth-order valence-corrected chi connectivity index (χ4v) is 2.60. The Morgan fingerprint density at radius 2 is 2.14 bits per heavy atom. The first-order valence-corrected chi connectivity index (χ1v) is 7.81. The van der Waals surface area contributed by atoms with E-state index in [4.69, 9.17) is 0 Å². The fraction of sp³-hybridized carbons (Fsp3) is 0.375. The number of hydrogen-bond acceptors (Lipinski definition) is 4. The molecule has 0 aliphatic heterocycles. The number of pyridine rings is 1. The van der Waals surface area contributed by atoms with Crippen LogP contribution in [0.5, 0.6) is 0 Å². The minimum Gasteiger partial charge on any atom is -0.478 e. The summed E-state index contributed by atoms with van der Waals surface area (Å²) in [4.78, 5) is 15.8. The van der Waals surface area contributed by atoms with Gasteiger partial charge in [-0.1, -0.05) is 20.8 Å². The lowest BCUT2D eigenvalue weighted by atomic mass is 9.91. The molecule has 2 N–H and O–H groups in total. The Hall–Kier alpha value is -1.88. The van der Waals surface area contributed by atoms with Crippen LogP contribution >= 0.6 is 11.3 Å². The number of thiophene rings is 1. The second kappa shape index (κ2) is 6.26. The van der Waals surface area contributed by atoms with Crippen LogP contribution < -0.4 is 5.32 Å². The number of nitrogens with zero attached hydrogens (tertiary/aromatic N) is 1. The molecular weight excluding hydrogens is 284 g/mol. The van der Waals surface area contributed by atoms with Crippen molar-refractivity contribution in [1.82, 2.24) is 4.98 Å². The van der Waals surface area contributed by atoms with E-state index in [0.29, 0.717) is 5.82 Å². The Bertz CT molecular complexity index is 616. The monoisotopic (exact) mass is 304 g/mol. The molecule has 0 saturated carbocycles. The summed E-state index contributed by atoms with van der Waals surface area (Å²) in [5.74, 6) is -0.307. The molecule has 0 saturated heterocycles. The zero-order chi connectivity index (χ0) is 15.5. The van der Waals surface area contributed by atoms with Crippen molar-refractivity contribution in [2.24, 2.45) is 0 Å². The van der Waals surface area contributed by atoms with Crippen molar-refractivity contribution in [3.63, 3.8) is 0 Å². The zero-order valence-electron chi connectivity index (χ0n) is 12.5. The van der Waals surface area contributed by atoms with Crippen molar-refractivity contribution in [3.05, 3.63) is 45.8 Å². The second-order valence-electron chi connectivity index (χ2n) is 5.99. The maximum absolute atomic E-state index is 11.2. The van der Waals surface area contributed by atoms with E-state index in [1.807, 2.05) is 20.8 Å². The highest BCUT2D eigenvalue weighted by Gasteiger charge is 2.19. The average Bonchev–Trinajstić information content (AvgIpc) is 2.90. The topological polar surface area (TPSA) is 62.2 Å². The van der Waals surface area contributed by atoms with Crippen molar-refractivity contribution in [1.29, 1.82) is 0 Å². The Morgan fingerprint density at radius 1 is 1.38 bits per heavy atom. The highest BCUT2D eigenvalue weighted by atomic mass is 32.1. The molecule has 2 heterocycles. The van der Waals surface area contributed by atoms with Crippen molar-refractivity contribution in [2.45, 2.75) is 32.6 Å². The summed E-state index contributed by atoms with van der Waals surface area (Å²) < 4.78 is 0. The number of carboxylic acid groups (broad SMARTS) is 1. The van der Waals surface area contributed by atoms with E-state index in [2.05, 4.69) is 27.1 Å². The van der Waals surface area contributed by atoms with E-state index in [-0.39, 0.29) is 11.0 Å². The van der Waals surface area contributed by atoms with Crippen LogP contribution in [0.3, 0.4) is 0 Å². The van der Waals surface area contributed by atoms with Gasteiger partial charge in [0.25, 0.3) is 0 Å². The van der Waals surface area contributed by atoms with Gasteiger partial charge in [-0.25, -0.2) is 9.78 Å². The molecule has 0 bridgehead atoms. The maximum atomic E-state index is 11.2. The second-order valence-corrected chi connectivity index (χ2v) is 6.77. The third kappa shape index (κ3) is 4.29. The lowest BCUT2D eigenvalue weighted by Gasteiger charge is -2.19. The Labute approximate surface area is 128 Å². The van der Waals surface area contributed by atoms with Crippen LogP contribution in [0.25, 0.3) is 0 Å². The van der Waals surface area contributed by atoms with E-state index < -0.39 is 5.97 Å². The molecule has 0 fully saturated rings. The third-order valence-electron chi connectivity index (χ3n) is 3.14. The van der Waals surface area contributed by atoms with Gasteiger partial charge in [0.15, 0.2) is 0 Å². The molecule has 0 amide bonds. The van der Waals surface area contributed by atoms with Gasteiger partial charge in [-0.2, -0.15) is 11.3 Å². The number of carbonyl (C=O) groups is 1. The van der Waals surface area contributed by atoms with Crippen molar-refractivity contribution >= 4 is 23.1 Å². The van der Waals surface area contributed by atoms with Gasteiger partial charge in [0.1, 0.15) is 5.82 Å². The van der Waals surface area contributed by atoms with Crippen LogP contribution in [-0.4, -0.2) is 22.6 Å². The number of carboxylic acids is 1. The van der Waals surface area contributed by atoms with Gasteiger partial charge in [-0.3, -0.25) is 0 Å².